The molecule has 1 aromatic rings. The van der Waals surface area contributed by atoms with E-state index in [9.17, 15) is 18.0 Å². The van der Waals surface area contributed by atoms with Crippen molar-refractivity contribution in [3.8, 4) is 0 Å². The lowest BCUT2D eigenvalue weighted by atomic mass is 10.1. The minimum Gasteiger partial charge on any atom is -0.466 e. The third-order valence-corrected chi connectivity index (χ3v) is 2.30. The van der Waals surface area contributed by atoms with Gasteiger partial charge >= 0.3 is 5.97 Å². The Kier molecular flexibility index (Phi) is 4.74. The molecule has 0 amide bonds. The molecular formula is C10H9ClF3NO2. The molecule has 7 heteroatoms. The van der Waals surface area contributed by atoms with Crippen LogP contribution in [0.2, 0.25) is 5.02 Å². The number of carbonyl (C=O) groups is 1. The molecule has 0 spiro atoms. The molecule has 94 valence electrons. The number of hydrogen-bond acceptors (Lipinski definition) is 3. The van der Waals surface area contributed by atoms with E-state index in [0.29, 0.717) is 0 Å². The van der Waals surface area contributed by atoms with Gasteiger partial charge in [0, 0.05) is 6.20 Å². The van der Waals surface area contributed by atoms with Crippen molar-refractivity contribution in [1.29, 1.82) is 0 Å². The minimum absolute atomic E-state index is 0.105. The predicted octanol–water partition coefficient (Wildman–Crippen LogP) is 2.92. The Hall–Kier alpha value is -1.30. The second-order valence-electron chi connectivity index (χ2n) is 3.07. The Morgan fingerprint density at radius 2 is 2.24 bits per heavy atom. The first kappa shape index (κ1) is 13.8. The van der Waals surface area contributed by atoms with Gasteiger partial charge < -0.3 is 4.74 Å². The standard InChI is InChI=1S/C10H9ClF3NO2/c1-2-17-7(16)3-5-6(11)4-15-10(14)8(5)9(12)13/h4,9H,2-3H2,1H3. The molecule has 0 aliphatic carbocycles. The summed E-state index contributed by atoms with van der Waals surface area (Å²) in [7, 11) is 0. The van der Waals surface area contributed by atoms with Crippen LogP contribution in [-0.4, -0.2) is 17.6 Å². The zero-order chi connectivity index (χ0) is 13.0. The molecule has 0 bridgehead atoms. The van der Waals surface area contributed by atoms with Crippen LogP contribution in [0, 0.1) is 5.95 Å². The molecule has 0 aromatic carbocycles. The molecule has 17 heavy (non-hydrogen) atoms. The second kappa shape index (κ2) is 5.86. The summed E-state index contributed by atoms with van der Waals surface area (Å²) in [5.74, 6) is -2.08. The molecule has 0 unspecified atom stereocenters. The Labute approximate surface area is 101 Å². The van der Waals surface area contributed by atoms with Crippen molar-refractivity contribution in [3.63, 3.8) is 0 Å². The van der Waals surface area contributed by atoms with Crippen LogP contribution in [0.25, 0.3) is 0 Å². The fraction of sp³-hybridized carbons (Fsp3) is 0.400. The number of aromatic nitrogens is 1. The molecule has 1 heterocycles. The number of alkyl halides is 2. The number of halogens is 4. The molecule has 0 saturated carbocycles. The highest BCUT2D eigenvalue weighted by Gasteiger charge is 2.24. The van der Waals surface area contributed by atoms with Gasteiger partial charge in [0.2, 0.25) is 5.95 Å². The van der Waals surface area contributed by atoms with E-state index in [1.807, 2.05) is 0 Å². The zero-order valence-electron chi connectivity index (χ0n) is 8.84. The molecule has 0 fully saturated rings. The maximum atomic E-state index is 13.1. The van der Waals surface area contributed by atoms with Gasteiger partial charge in [-0.05, 0) is 12.5 Å². The molecular weight excluding hydrogens is 259 g/mol. The minimum atomic E-state index is -3.09. The highest BCUT2D eigenvalue weighted by molar-refractivity contribution is 6.31. The van der Waals surface area contributed by atoms with Crippen molar-refractivity contribution in [2.75, 3.05) is 6.61 Å². The maximum Gasteiger partial charge on any atom is 0.310 e. The number of carbonyl (C=O) groups excluding carboxylic acids is 1. The number of hydrogen-bond donors (Lipinski definition) is 0. The highest BCUT2D eigenvalue weighted by Crippen LogP contribution is 2.30. The van der Waals surface area contributed by atoms with E-state index in [2.05, 4.69) is 9.72 Å². The van der Waals surface area contributed by atoms with Gasteiger partial charge in [-0.1, -0.05) is 11.6 Å². The molecule has 0 radical (unpaired) electrons. The van der Waals surface area contributed by atoms with E-state index in [1.165, 1.54) is 0 Å². The number of nitrogens with zero attached hydrogens (tertiary/aromatic N) is 1. The third kappa shape index (κ3) is 3.33. The lowest BCUT2D eigenvalue weighted by Gasteiger charge is -2.10. The average molecular weight is 268 g/mol. The van der Waals surface area contributed by atoms with E-state index < -0.39 is 30.3 Å². The summed E-state index contributed by atoms with van der Waals surface area (Å²) in [6.07, 6.45) is -2.71. The first-order chi connectivity index (χ1) is 7.97. The highest BCUT2D eigenvalue weighted by atomic mass is 35.5. The van der Waals surface area contributed by atoms with E-state index >= 15 is 0 Å². The Balaban J connectivity index is 3.12. The lowest BCUT2D eigenvalue weighted by Crippen LogP contribution is -2.12. The van der Waals surface area contributed by atoms with Gasteiger partial charge in [-0.15, -0.1) is 0 Å². The van der Waals surface area contributed by atoms with Gasteiger partial charge in [0.15, 0.2) is 0 Å². The summed E-state index contributed by atoms with van der Waals surface area (Å²) < 4.78 is 42.9. The Morgan fingerprint density at radius 1 is 1.59 bits per heavy atom. The number of pyridine rings is 1. The van der Waals surface area contributed by atoms with Crippen LogP contribution < -0.4 is 0 Å². The fourth-order valence-electron chi connectivity index (χ4n) is 1.27. The van der Waals surface area contributed by atoms with Crippen LogP contribution in [0.5, 0.6) is 0 Å². The molecule has 0 saturated heterocycles. The Morgan fingerprint density at radius 3 is 2.76 bits per heavy atom. The van der Waals surface area contributed by atoms with Crippen LogP contribution in [0.15, 0.2) is 6.20 Å². The normalized spacial score (nSPS) is 10.7. The van der Waals surface area contributed by atoms with E-state index in [1.54, 1.807) is 6.92 Å². The van der Waals surface area contributed by atoms with Crippen molar-refractivity contribution >= 4 is 17.6 Å². The van der Waals surface area contributed by atoms with Crippen LogP contribution in [-0.2, 0) is 16.0 Å². The summed E-state index contributed by atoms with van der Waals surface area (Å²) in [6.45, 7) is 1.68. The van der Waals surface area contributed by atoms with E-state index in [-0.39, 0.29) is 17.2 Å². The van der Waals surface area contributed by atoms with Gasteiger partial charge in [-0.3, -0.25) is 4.79 Å². The topological polar surface area (TPSA) is 39.2 Å². The smallest absolute Gasteiger partial charge is 0.310 e. The maximum absolute atomic E-state index is 13.1. The van der Waals surface area contributed by atoms with Crippen LogP contribution in [0.4, 0.5) is 13.2 Å². The lowest BCUT2D eigenvalue weighted by molar-refractivity contribution is -0.142. The fourth-order valence-corrected chi connectivity index (χ4v) is 1.49. The van der Waals surface area contributed by atoms with Gasteiger partial charge in [-0.25, -0.2) is 13.8 Å². The van der Waals surface area contributed by atoms with Gasteiger partial charge in [0.05, 0.1) is 23.6 Å². The molecule has 1 aromatic heterocycles. The van der Waals surface area contributed by atoms with E-state index in [0.717, 1.165) is 6.20 Å². The third-order valence-electron chi connectivity index (χ3n) is 1.97. The van der Waals surface area contributed by atoms with Crippen LogP contribution in [0.1, 0.15) is 24.5 Å². The predicted molar refractivity (Wildman–Crippen MR) is 54.5 cm³/mol. The first-order valence-electron chi connectivity index (χ1n) is 4.73. The van der Waals surface area contributed by atoms with Gasteiger partial charge in [0.1, 0.15) is 0 Å². The molecule has 0 N–H and O–H groups in total. The SMILES string of the molecule is CCOC(=O)Cc1c(Cl)cnc(F)c1C(F)F. The summed E-state index contributed by atoms with van der Waals surface area (Å²) in [6, 6.07) is 0. The van der Waals surface area contributed by atoms with Crippen LogP contribution in [0.3, 0.4) is 0 Å². The summed E-state index contributed by atoms with van der Waals surface area (Å²) in [5, 5.41) is -0.185. The molecule has 0 aliphatic heterocycles. The van der Waals surface area contributed by atoms with Crippen LogP contribution >= 0.6 is 11.6 Å². The molecule has 3 nitrogen and oxygen atoms in total. The zero-order valence-corrected chi connectivity index (χ0v) is 9.60. The first-order valence-corrected chi connectivity index (χ1v) is 5.11. The summed E-state index contributed by atoms with van der Waals surface area (Å²) >= 11 is 5.62. The summed E-state index contributed by atoms with van der Waals surface area (Å²) in [5.41, 5.74) is -1.24. The van der Waals surface area contributed by atoms with Crippen molar-refractivity contribution in [2.45, 2.75) is 19.8 Å². The molecule has 0 aliphatic rings. The monoisotopic (exact) mass is 267 g/mol. The number of esters is 1. The largest absolute Gasteiger partial charge is 0.466 e. The Bertz CT molecular complexity index is 426. The van der Waals surface area contributed by atoms with E-state index in [4.69, 9.17) is 11.6 Å². The number of rotatable bonds is 4. The quantitative estimate of drug-likeness (QED) is 0.622. The van der Waals surface area contributed by atoms with Gasteiger partial charge in [-0.2, -0.15) is 4.39 Å². The molecule has 1 rings (SSSR count). The van der Waals surface area contributed by atoms with Crippen molar-refractivity contribution < 1.29 is 22.7 Å². The second-order valence-corrected chi connectivity index (χ2v) is 3.48. The van der Waals surface area contributed by atoms with Crippen molar-refractivity contribution in [2.24, 2.45) is 0 Å². The van der Waals surface area contributed by atoms with Gasteiger partial charge in [0.25, 0.3) is 6.43 Å². The van der Waals surface area contributed by atoms with Crippen molar-refractivity contribution in [3.05, 3.63) is 28.3 Å². The average Bonchev–Trinajstić information content (AvgIpc) is 2.23. The summed E-state index contributed by atoms with van der Waals surface area (Å²) in [4.78, 5) is 14.3. The van der Waals surface area contributed by atoms with Crippen molar-refractivity contribution in [1.82, 2.24) is 4.98 Å². The number of ether oxygens (including phenoxy) is 1. The molecule has 0 atom stereocenters.